The first-order chi connectivity index (χ1) is 9.13. The number of nitrogens with zero attached hydrogens (tertiary/aromatic N) is 2. The summed E-state index contributed by atoms with van der Waals surface area (Å²) in [6, 6.07) is 0. The number of rotatable bonds is 6. The van der Waals surface area contributed by atoms with Crippen LogP contribution in [0.3, 0.4) is 0 Å². The summed E-state index contributed by atoms with van der Waals surface area (Å²) in [5.74, 6) is 0.625. The van der Waals surface area contributed by atoms with E-state index >= 15 is 0 Å². The molecule has 0 aliphatic heterocycles. The van der Waals surface area contributed by atoms with Crippen LogP contribution in [0.4, 0.5) is 5.69 Å². The van der Waals surface area contributed by atoms with E-state index in [0.29, 0.717) is 16.9 Å². The van der Waals surface area contributed by atoms with Crippen molar-refractivity contribution in [2.45, 2.75) is 32.2 Å². The van der Waals surface area contributed by atoms with Crippen LogP contribution in [0.25, 0.3) is 0 Å². The van der Waals surface area contributed by atoms with Crippen molar-refractivity contribution >= 4 is 21.6 Å². The van der Waals surface area contributed by atoms with Gasteiger partial charge >= 0.3 is 0 Å². The molecule has 1 heterocycles. The van der Waals surface area contributed by atoms with Gasteiger partial charge in [0.05, 0.1) is 18.5 Å². The first-order valence-corrected chi connectivity index (χ1v) is 7.53. The summed E-state index contributed by atoms with van der Waals surface area (Å²) in [5, 5.41) is 16.7. The quantitative estimate of drug-likeness (QED) is 0.832. The van der Waals surface area contributed by atoms with E-state index in [4.69, 9.17) is 0 Å². The van der Waals surface area contributed by atoms with Crippen LogP contribution in [0.5, 0.6) is 0 Å². The van der Waals surface area contributed by atoms with Crippen molar-refractivity contribution < 1.29 is 5.11 Å². The summed E-state index contributed by atoms with van der Waals surface area (Å²) >= 11 is 3.35. The highest BCUT2D eigenvalue weighted by Crippen LogP contribution is 2.45. The number of aromatic nitrogens is 2. The second kappa shape index (κ2) is 4.90. The lowest BCUT2D eigenvalue weighted by Gasteiger charge is -2.15. The van der Waals surface area contributed by atoms with Crippen LogP contribution in [0.1, 0.15) is 25.7 Å². The maximum atomic E-state index is 12.1. The number of hydrogen-bond acceptors (Lipinski definition) is 4. The van der Waals surface area contributed by atoms with Gasteiger partial charge in [0, 0.05) is 18.5 Å². The summed E-state index contributed by atoms with van der Waals surface area (Å²) < 4.78 is 2.07. The van der Waals surface area contributed by atoms with Crippen molar-refractivity contribution in [1.29, 1.82) is 0 Å². The SMILES string of the molecule is O=c1c(Br)c(NCC2(CO)CC2)cnn1CC1CC1. The minimum atomic E-state index is -0.0780. The van der Waals surface area contributed by atoms with Gasteiger partial charge in [-0.2, -0.15) is 5.10 Å². The van der Waals surface area contributed by atoms with E-state index in [9.17, 15) is 9.90 Å². The fourth-order valence-electron chi connectivity index (χ4n) is 2.11. The summed E-state index contributed by atoms with van der Waals surface area (Å²) in [5.41, 5.74) is 0.657. The third-order valence-electron chi connectivity index (χ3n) is 4.06. The van der Waals surface area contributed by atoms with E-state index in [1.165, 1.54) is 17.5 Å². The lowest BCUT2D eigenvalue weighted by molar-refractivity contribution is 0.219. The van der Waals surface area contributed by atoms with Gasteiger partial charge in [-0.1, -0.05) is 0 Å². The zero-order valence-corrected chi connectivity index (χ0v) is 12.3. The van der Waals surface area contributed by atoms with Crippen LogP contribution >= 0.6 is 15.9 Å². The molecule has 1 aromatic heterocycles. The summed E-state index contributed by atoms with van der Waals surface area (Å²) in [4.78, 5) is 12.1. The second-order valence-corrected chi connectivity index (χ2v) is 6.61. The molecule has 0 radical (unpaired) electrons. The Morgan fingerprint density at radius 3 is 2.84 bits per heavy atom. The standard InChI is InChI=1S/C13H18BrN3O2/c14-11-10(15-7-13(8-18)3-4-13)5-16-17(12(11)19)6-9-1-2-9/h5,9,15,18H,1-4,6-8H2. The molecule has 0 amide bonds. The second-order valence-electron chi connectivity index (χ2n) is 5.81. The monoisotopic (exact) mass is 327 g/mol. The molecule has 2 aliphatic rings. The van der Waals surface area contributed by atoms with Crippen molar-refractivity contribution in [3.05, 3.63) is 21.0 Å². The largest absolute Gasteiger partial charge is 0.396 e. The molecule has 6 heteroatoms. The first-order valence-electron chi connectivity index (χ1n) is 6.74. The van der Waals surface area contributed by atoms with Gasteiger partial charge in [-0.05, 0) is 47.5 Å². The van der Waals surface area contributed by atoms with Crippen LogP contribution in [-0.2, 0) is 6.54 Å². The van der Waals surface area contributed by atoms with Gasteiger partial charge in [-0.3, -0.25) is 4.79 Å². The Kier molecular flexibility index (Phi) is 3.39. The van der Waals surface area contributed by atoms with Crippen molar-refractivity contribution in [1.82, 2.24) is 9.78 Å². The lowest BCUT2D eigenvalue weighted by Crippen LogP contribution is -2.26. The summed E-state index contributed by atoms with van der Waals surface area (Å²) in [6.45, 7) is 1.61. The zero-order valence-electron chi connectivity index (χ0n) is 10.7. The minimum absolute atomic E-state index is 0.0162. The topological polar surface area (TPSA) is 67.2 Å². The predicted octanol–water partition coefficient (Wildman–Crippen LogP) is 1.60. The van der Waals surface area contributed by atoms with E-state index in [0.717, 1.165) is 25.1 Å². The van der Waals surface area contributed by atoms with Crippen molar-refractivity contribution in [2.24, 2.45) is 11.3 Å². The van der Waals surface area contributed by atoms with Crippen LogP contribution in [0, 0.1) is 11.3 Å². The number of anilines is 1. The number of hydrogen-bond donors (Lipinski definition) is 2. The van der Waals surface area contributed by atoms with E-state index in [1.807, 2.05) is 0 Å². The molecule has 104 valence electrons. The van der Waals surface area contributed by atoms with Gasteiger partial charge in [-0.25, -0.2) is 4.68 Å². The first kappa shape index (κ1) is 13.1. The van der Waals surface area contributed by atoms with Crippen molar-refractivity contribution in [2.75, 3.05) is 18.5 Å². The van der Waals surface area contributed by atoms with Crippen LogP contribution in [0.15, 0.2) is 15.5 Å². The van der Waals surface area contributed by atoms with Gasteiger partial charge < -0.3 is 10.4 Å². The van der Waals surface area contributed by atoms with E-state index in [-0.39, 0.29) is 17.6 Å². The molecule has 0 bridgehead atoms. The third kappa shape index (κ3) is 2.84. The van der Waals surface area contributed by atoms with E-state index < -0.39 is 0 Å². The average molecular weight is 328 g/mol. The fourth-order valence-corrected chi connectivity index (χ4v) is 2.56. The number of halogens is 1. The molecule has 3 rings (SSSR count). The summed E-state index contributed by atoms with van der Waals surface area (Å²) in [6.07, 6.45) is 6.18. The van der Waals surface area contributed by atoms with Crippen LogP contribution < -0.4 is 10.9 Å². The predicted molar refractivity (Wildman–Crippen MR) is 76.2 cm³/mol. The van der Waals surface area contributed by atoms with Gasteiger partial charge in [0.15, 0.2) is 0 Å². The van der Waals surface area contributed by atoms with E-state index in [1.54, 1.807) is 6.20 Å². The Morgan fingerprint density at radius 2 is 2.26 bits per heavy atom. The summed E-state index contributed by atoms with van der Waals surface area (Å²) in [7, 11) is 0. The third-order valence-corrected chi connectivity index (χ3v) is 4.83. The maximum absolute atomic E-state index is 12.1. The molecule has 0 atom stereocenters. The molecule has 2 aliphatic carbocycles. The molecule has 0 saturated heterocycles. The lowest BCUT2D eigenvalue weighted by atomic mass is 10.1. The fraction of sp³-hybridized carbons (Fsp3) is 0.692. The van der Waals surface area contributed by atoms with Crippen LogP contribution in [0.2, 0.25) is 0 Å². The Bertz CT molecular complexity index is 535. The zero-order chi connectivity index (χ0) is 13.5. The molecule has 0 aromatic carbocycles. The highest BCUT2D eigenvalue weighted by molar-refractivity contribution is 9.10. The van der Waals surface area contributed by atoms with Crippen molar-refractivity contribution in [3.63, 3.8) is 0 Å². The molecule has 1 aromatic rings. The average Bonchev–Trinajstić information content (AvgIpc) is 3.30. The van der Waals surface area contributed by atoms with Gasteiger partial charge in [-0.15, -0.1) is 0 Å². The Hall–Kier alpha value is -0.880. The number of aliphatic hydroxyl groups excluding tert-OH is 1. The molecule has 0 spiro atoms. The van der Waals surface area contributed by atoms with Gasteiger partial charge in [0.2, 0.25) is 0 Å². The molecule has 19 heavy (non-hydrogen) atoms. The smallest absolute Gasteiger partial charge is 0.283 e. The van der Waals surface area contributed by atoms with Crippen LogP contribution in [-0.4, -0.2) is 28.0 Å². The normalized spacial score (nSPS) is 20.3. The number of aliphatic hydroxyl groups is 1. The van der Waals surface area contributed by atoms with Crippen molar-refractivity contribution in [3.8, 4) is 0 Å². The highest BCUT2D eigenvalue weighted by atomic mass is 79.9. The molecule has 5 nitrogen and oxygen atoms in total. The Labute approximate surface area is 120 Å². The molecule has 2 fully saturated rings. The molecule has 0 unspecified atom stereocenters. The van der Waals surface area contributed by atoms with E-state index in [2.05, 4.69) is 26.3 Å². The Morgan fingerprint density at radius 1 is 1.53 bits per heavy atom. The molecular formula is C13H18BrN3O2. The van der Waals surface area contributed by atoms with Gasteiger partial charge in [0.1, 0.15) is 4.47 Å². The van der Waals surface area contributed by atoms with Gasteiger partial charge in [0.25, 0.3) is 5.56 Å². The highest BCUT2D eigenvalue weighted by Gasteiger charge is 2.41. The molecule has 2 N–H and O–H groups in total. The Balaban J connectivity index is 1.71. The minimum Gasteiger partial charge on any atom is -0.396 e. The molecule has 2 saturated carbocycles. The molecular weight excluding hydrogens is 310 g/mol. The number of nitrogens with one attached hydrogen (secondary N) is 1. The maximum Gasteiger partial charge on any atom is 0.283 e.